The van der Waals surface area contributed by atoms with Crippen LogP contribution in [0, 0.1) is 11.8 Å². The number of aromatic amines is 2. The molecule has 0 saturated heterocycles. The Morgan fingerprint density at radius 3 is 2.28 bits per heavy atom. The summed E-state index contributed by atoms with van der Waals surface area (Å²) in [6, 6.07) is 21.9. The maximum Gasteiger partial charge on any atom is 0.223 e. The van der Waals surface area contributed by atoms with Crippen LogP contribution in [0.2, 0.25) is 0 Å². The van der Waals surface area contributed by atoms with Crippen molar-refractivity contribution in [3.63, 3.8) is 0 Å². The number of methoxy groups -OCH3 is 2. The van der Waals surface area contributed by atoms with Crippen molar-refractivity contribution < 1.29 is 14.3 Å². The summed E-state index contributed by atoms with van der Waals surface area (Å²) in [5.41, 5.74) is 11.6. The van der Waals surface area contributed by atoms with Crippen molar-refractivity contribution in [1.29, 1.82) is 0 Å². The van der Waals surface area contributed by atoms with Crippen molar-refractivity contribution in [1.82, 2.24) is 30.0 Å². The third-order valence-corrected chi connectivity index (χ3v) is 10.1. The van der Waals surface area contributed by atoms with Gasteiger partial charge in [-0.1, -0.05) is 63.1 Å². The number of benzene rings is 3. The van der Waals surface area contributed by atoms with Gasteiger partial charge in [0.15, 0.2) is 5.82 Å². The van der Waals surface area contributed by atoms with Crippen LogP contribution in [0.15, 0.2) is 79.1 Å². The molecule has 5 N–H and O–H groups in total. The fourth-order valence-electron chi connectivity index (χ4n) is 6.98. The highest BCUT2D eigenvalue weighted by atomic mass is 16.5. The number of nitrogens with one attached hydrogen (secondary N) is 3. The van der Waals surface area contributed by atoms with E-state index in [4.69, 9.17) is 25.4 Å². The number of rotatable bonds is 17. The van der Waals surface area contributed by atoms with Crippen molar-refractivity contribution in [2.45, 2.75) is 65.0 Å². The zero-order valence-corrected chi connectivity index (χ0v) is 29.5. The number of para-hydroxylation sites is 2. The van der Waals surface area contributed by atoms with Gasteiger partial charge in [0, 0.05) is 64.6 Å². The fourth-order valence-corrected chi connectivity index (χ4v) is 6.98. The summed E-state index contributed by atoms with van der Waals surface area (Å²) in [5.74, 6) is 2.76. The van der Waals surface area contributed by atoms with E-state index < -0.39 is 6.04 Å². The highest BCUT2D eigenvalue weighted by Gasteiger charge is 2.29. The third kappa shape index (κ3) is 7.55. The molecule has 3 aromatic heterocycles. The summed E-state index contributed by atoms with van der Waals surface area (Å²) in [7, 11) is 3.31. The van der Waals surface area contributed by atoms with E-state index in [0.717, 1.165) is 59.1 Å². The van der Waals surface area contributed by atoms with Crippen molar-refractivity contribution in [2.24, 2.45) is 17.6 Å². The van der Waals surface area contributed by atoms with E-state index in [0.29, 0.717) is 43.3 Å². The predicted octanol–water partition coefficient (Wildman–Crippen LogP) is 6.89. The Morgan fingerprint density at radius 2 is 1.60 bits per heavy atom. The van der Waals surface area contributed by atoms with Crippen LogP contribution in [0.4, 0.5) is 0 Å². The Kier molecular flexibility index (Phi) is 11.2. The van der Waals surface area contributed by atoms with E-state index in [1.54, 1.807) is 14.2 Å². The number of fused-ring (bicyclic) bond motifs is 2. The molecule has 3 atom stereocenters. The molecule has 0 aliphatic heterocycles. The fraction of sp³-hybridized carbons (Fsp3) is 0.375. The van der Waals surface area contributed by atoms with E-state index in [1.807, 2.05) is 49.5 Å². The Balaban J connectivity index is 1.40. The van der Waals surface area contributed by atoms with Gasteiger partial charge in [-0.2, -0.15) is 0 Å². The molecule has 3 heterocycles. The lowest BCUT2D eigenvalue weighted by Gasteiger charge is -2.26. The van der Waals surface area contributed by atoms with Crippen LogP contribution >= 0.6 is 0 Å². The first-order valence-electron chi connectivity index (χ1n) is 17.7. The molecule has 6 rings (SSSR count). The van der Waals surface area contributed by atoms with Gasteiger partial charge in [-0.25, -0.2) is 0 Å². The lowest BCUT2D eigenvalue weighted by atomic mass is 9.88. The minimum Gasteiger partial charge on any atom is -0.497 e. The van der Waals surface area contributed by atoms with Gasteiger partial charge in [0.25, 0.3) is 0 Å². The summed E-state index contributed by atoms with van der Waals surface area (Å²) in [6.07, 6.45) is 9.08. The predicted molar refractivity (Wildman–Crippen MR) is 198 cm³/mol. The average molecular weight is 676 g/mol. The van der Waals surface area contributed by atoms with Crippen LogP contribution < -0.4 is 20.5 Å². The van der Waals surface area contributed by atoms with Crippen LogP contribution in [-0.4, -0.2) is 51.4 Å². The molecule has 0 spiro atoms. The molecule has 0 unspecified atom stereocenters. The molecule has 0 aliphatic carbocycles. The van der Waals surface area contributed by atoms with E-state index in [9.17, 15) is 4.79 Å². The molecular weight excluding hydrogens is 626 g/mol. The van der Waals surface area contributed by atoms with Gasteiger partial charge in [-0.3, -0.25) is 4.79 Å². The summed E-state index contributed by atoms with van der Waals surface area (Å²) in [4.78, 5) is 20.9. The normalized spacial score (nSPS) is 13.4. The molecule has 50 heavy (non-hydrogen) atoms. The van der Waals surface area contributed by atoms with Crippen molar-refractivity contribution in [3.05, 3.63) is 107 Å². The Bertz CT molecular complexity index is 2030. The first-order chi connectivity index (χ1) is 24.4. The summed E-state index contributed by atoms with van der Waals surface area (Å²) >= 11 is 0. The topological polar surface area (TPSA) is 136 Å². The number of nitrogens with zero attached hydrogens (tertiary/aromatic N) is 3. The van der Waals surface area contributed by atoms with Gasteiger partial charge in [-0.05, 0) is 60.7 Å². The highest BCUT2D eigenvalue weighted by molar-refractivity contribution is 5.84. The second-order valence-electron chi connectivity index (χ2n) is 13.1. The minimum absolute atomic E-state index is 0.0293. The molecular formula is C40H49N7O3. The first-order valence-corrected chi connectivity index (χ1v) is 17.7. The first kappa shape index (κ1) is 34.8. The number of ether oxygens (including phenoxy) is 2. The molecule has 10 nitrogen and oxygen atoms in total. The van der Waals surface area contributed by atoms with E-state index in [1.165, 1.54) is 10.9 Å². The monoisotopic (exact) mass is 675 g/mol. The Morgan fingerprint density at radius 1 is 0.900 bits per heavy atom. The number of carbonyl (C=O) groups excluding carboxylic acids is 1. The SMILES string of the molecule is CCCC[C@@H](CN)[C@H](C)C(=O)N[C@H](Cc1c[nH]c2ccccc12)c1nnc(CCc2c[nH]c3ccccc23)n1Cc1ccc(OC)cc1OC. The maximum atomic E-state index is 14.1. The third-order valence-electron chi connectivity index (χ3n) is 10.1. The quantitative estimate of drug-likeness (QED) is 0.0831. The number of hydrogen-bond acceptors (Lipinski definition) is 6. The molecule has 0 radical (unpaired) electrons. The smallest absolute Gasteiger partial charge is 0.223 e. The average Bonchev–Trinajstić information content (AvgIpc) is 3.87. The second-order valence-corrected chi connectivity index (χ2v) is 13.1. The molecule has 0 bridgehead atoms. The molecule has 6 aromatic rings. The summed E-state index contributed by atoms with van der Waals surface area (Å²) in [5, 5.41) is 15.4. The summed E-state index contributed by atoms with van der Waals surface area (Å²) < 4.78 is 13.5. The van der Waals surface area contributed by atoms with Gasteiger partial charge in [0.05, 0.1) is 26.8 Å². The molecule has 1 amide bonds. The number of nitrogens with two attached hydrogens (primary N) is 1. The number of H-pyrrole nitrogens is 2. The maximum absolute atomic E-state index is 14.1. The molecule has 0 fully saturated rings. The molecule has 0 aliphatic rings. The second kappa shape index (κ2) is 16.1. The number of aromatic nitrogens is 5. The molecule has 3 aromatic carbocycles. The van der Waals surface area contributed by atoms with Crippen molar-refractivity contribution in [2.75, 3.05) is 20.8 Å². The van der Waals surface area contributed by atoms with Gasteiger partial charge < -0.3 is 35.1 Å². The highest BCUT2D eigenvalue weighted by Crippen LogP contribution is 2.30. The van der Waals surface area contributed by atoms with Crippen LogP contribution in [0.5, 0.6) is 11.5 Å². The number of amides is 1. The Hall–Kier alpha value is -5.09. The number of aryl methyl sites for hydroxylation is 2. The van der Waals surface area contributed by atoms with Crippen LogP contribution in [0.3, 0.4) is 0 Å². The van der Waals surface area contributed by atoms with E-state index >= 15 is 0 Å². The standard InChI is InChI=1S/C40H49N7O3/c1-5-6-11-27(22-41)26(2)40(48)44-36(20-30-24-43-35-15-10-8-13-33(30)35)39-46-45-38(19-17-28-23-42-34-14-9-7-12-32(28)34)47(39)25-29-16-18-31(49-3)21-37(29)50-4/h7-10,12-16,18,21,23-24,26-27,36,42-43H,5-6,11,17,19-20,22,25,41H2,1-4H3,(H,44,48)/t26-,27-,36+/m0/s1. The largest absolute Gasteiger partial charge is 0.497 e. The Labute approximate surface area is 293 Å². The molecule has 0 saturated carbocycles. The lowest BCUT2D eigenvalue weighted by Crippen LogP contribution is -2.39. The lowest BCUT2D eigenvalue weighted by molar-refractivity contribution is -0.127. The van der Waals surface area contributed by atoms with Gasteiger partial charge >= 0.3 is 0 Å². The van der Waals surface area contributed by atoms with E-state index in [-0.39, 0.29) is 17.7 Å². The summed E-state index contributed by atoms with van der Waals surface area (Å²) in [6.45, 7) is 5.07. The number of hydrogen-bond donors (Lipinski definition) is 4. The van der Waals surface area contributed by atoms with Crippen LogP contribution in [0.1, 0.15) is 67.5 Å². The van der Waals surface area contributed by atoms with Crippen molar-refractivity contribution >= 4 is 27.7 Å². The van der Waals surface area contributed by atoms with Gasteiger partial charge in [0.2, 0.25) is 5.91 Å². The number of unbranched alkanes of at least 4 members (excludes halogenated alkanes) is 1. The van der Waals surface area contributed by atoms with Crippen LogP contribution in [-0.2, 0) is 30.6 Å². The minimum atomic E-state index is -0.452. The van der Waals surface area contributed by atoms with Gasteiger partial charge in [-0.15, -0.1) is 10.2 Å². The molecule has 262 valence electrons. The van der Waals surface area contributed by atoms with Gasteiger partial charge in [0.1, 0.15) is 17.3 Å². The zero-order chi connectivity index (χ0) is 35.0. The molecule has 10 heteroatoms. The van der Waals surface area contributed by atoms with Crippen molar-refractivity contribution in [3.8, 4) is 11.5 Å². The van der Waals surface area contributed by atoms with Crippen LogP contribution in [0.25, 0.3) is 21.8 Å². The number of carbonyl (C=O) groups is 1. The van der Waals surface area contributed by atoms with E-state index in [2.05, 4.69) is 63.3 Å². The zero-order valence-electron chi connectivity index (χ0n) is 29.5.